The second-order valence-electron chi connectivity index (χ2n) is 5.00. The summed E-state index contributed by atoms with van der Waals surface area (Å²) in [5.74, 6) is 1.89. The molecule has 0 saturated carbocycles. The minimum Gasteiger partial charge on any atom is -0.460 e. The van der Waals surface area contributed by atoms with Gasteiger partial charge >= 0.3 is 0 Å². The summed E-state index contributed by atoms with van der Waals surface area (Å²) in [5, 5.41) is 0. The van der Waals surface area contributed by atoms with Crippen molar-refractivity contribution in [2.24, 2.45) is 0 Å². The topological polar surface area (TPSA) is 13.1 Å². The second-order valence-corrected chi connectivity index (χ2v) is 6.83. The van der Waals surface area contributed by atoms with Gasteiger partial charge in [0.15, 0.2) is 0 Å². The van der Waals surface area contributed by atoms with Crippen LogP contribution in [0.5, 0.6) is 0 Å². The van der Waals surface area contributed by atoms with Crippen LogP contribution < -0.4 is 0 Å². The van der Waals surface area contributed by atoms with Crippen LogP contribution in [0.4, 0.5) is 0 Å². The van der Waals surface area contributed by atoms with Crippen molar-refractivity contribution in [2.75, 3.05) is 0 Å². The van der Waals surface area contributed by atoms with Crippen LogP contribution >= 0.6 is 31.9 Å². The fourth-order valence-electron chi connectivity index (χ4n) is 2.57. The fraction of sp³-hybridized carbons (Fsp3) is 0.111. The van der Waals surface area contributed by atoms with Gasteiger partial charge in [0.2, 0.25) is 0 Å². The van der Waals surface area contributed by atoms with Gasteiger partial charge in [-0.05, 0) is 43.7 Å². The molecule has 0 unspecified atom stereocenters. The largest absolute Gasteiger partial charge is 0.460 e. The lowest BCUT2D eigenvalue weighted by molar-refractivity contribution is 0.548. The van der Waals surface area contributed by atoms with E-state index in [1.165, 1.54) is 16.7 Å². The maximum atomic E-state index is 6.03. The molecule has 0 radical (unpaired) electrons. The van der Waals surface area contributed by atoms with Crippen molar-refractivity contribution in [3.8, 4) is 22.5 Å². The highest BCUT2D eigenvalue weighted by molar-refractivity contribution is 9.10. The molecule has 0 spiro atoms. The Bertz CT molecular complexity index is 768. The second kappa shape index (κ2) is 5.82. The Morgan fingerprint density at radius 3 is 1.71 bits per heavy atom. The average molecular weight is 406 g/mol. The van der Waals surface area contributed by atoms with Crippen LogP contribution in [-0.2, 0) is 0 Å². The third kappa shape index (κ3) is 2.85. The monoisotopic (exact) mass is 404 g/mol. The summed E-state index contributed by atoms with van der Waals surface area (Å²) in [6.07, 6.45) is 0. The van der Waals surface area contributed by atoms with Gasteiger partial charge in [0.05, 0.1) is 0 Å². The van der Waals surface area contributed by atoms with E-state index < -0.39 is 0 Å². The van der Waals surface area contributed by atoms with E-state index in [9.17, 15) is 0 Å². The highest BCUT2D eigenvalue weighted by atomic mass is 79.9. The molecule has 3 rings (SSSR count). The minimum atomic E-state index is 0.943. The van der Waals surface area contributed by atoms with Gasteiger partial charge in [0, 0.05) is 25.6 Å². The Balaban J connectivity index is 2.12. The molecule has 0 amide bonds. The minimum absolute atomic E-state index is 0.943. The lowest BCUT2D eigenvalue weighted by Gasteiger charge is -2.02. The van der Waals surface area contributed by atoms with Crippen LogP contribution in [0.1, 0.15) is 11.3 Å². The van der Waals surface area contributed by atoms with Crippen molar-refractivity contribution < 1.29 is 4.42 Å². The Labute approximate surface area is 141 Å². The van der Waals surface area contributed by atoms with E-state index in [2.05, 4.69) is 75.2 Å². The maximum absolute atomic E-state index is 6.03. The Kier molecular flexibility index (Phi) is 4.05. The molecule has 0 aliphatic carbocycles. The van der Waals surface area contributed by atoms with Crippen molar-refractivity contribution in [3.63, 3.8) is 0 Å². The third-order valence-electron chi connectivity index (χ3n) is 3.56. The van der Waals surface area contributed by atoms with Crippen LogP contribution in [0.3, 0.4) is 0 Å². The van der Waals surface area contributed by atoms with Gasteiger partial charge in [-0.15, -0.1) is 0 Å². The van der Waals surface area contributed by atoms with E-state index in [1.807, 2.05) is 19.1 Å². The zero-order valence-corrected chi connectivity index (χ0v) is 15.0. The average Bonchev–Trinajstić information content (AvgIpc) is 2.76. The molecule has 0 fully saturated rings. The predicted octanol–water partition coefficient (Wildman–Crippen LogP) is 6.76. The first kappa shape index (κ1) is 14.6. The SMILES string of the molecule is Cc1oc(-c2ccc(Br)cc2)c(C)c1-c1ccc(Br)cc1. The summed E-state index contributed by atoms with van der Waals surface area (Å²) in [6, 6.07) is 16.5. The van der Waals surface area contributed by atoms with Gasteiger partial charge in [0.1, 0.15) is 11.5 Å². The molecule has 0 saturated heterocycles. The molecule has 0 N–H and O–H groups in total. The number of aryl methyl sites for hydroxylation is 1. The van der Waals surface area contributed by atoms with Gasteiger partial charge in [-0.2, -0.15) is 0 Å². The number of rotatable bonds is 2. The molecule has 1 heterocycles. The summed E-state index contributed by atoms with van der Waals surface area (Å²) in [5.41, 5.74) is 4.64. The number of furan rings is 1. The zero-order valence-electron chi connectivity index (χ0n) is 11.8. The van der Waals surface area contributed by atoms with Crippen LogP contribution in [-0.4, -0.2) is 0 Å². The first-order valence-electron chi connectivity index (χ1n) is 6.68. The number of benzene rings is 2. The van der Waals surface area contributed by atoms with Gasteiger partial charge in [-0.25, -0.2) is 0 Å². The molecule has 0 bridgehead atoms. The quantitative estimate of drug-likeness (QED) is 0.459. The summed E-state index contributed by atoms with van der Waals surface area (Å²) < 4.78 is 8.18. The third-order valence-corrected chi connectivity index (χ3v) is 4.62. The molecule has 1 aromatic heterocycles. The number of hydrogen-bond donors (Lipinski definition) is 0. The van der Waals surface area contributed by atoms with Crippen molar-refractivity contribution in [1.29, 1.82) is 0 Å². The van der Waals surface area contributed by atoms with Crippen molar-refractivity contribution in [2.45, 2.75) is 13.8 Å². The maximum Gasteiger partial charge on any atom is 0.137 e. The summed E-state index contributed by atoms with van der Waals surface area (Å²) >= 11 is 6.94. The molecule has 3 aromatic rings. The first-order valence-corrected chi connectivity index (χ1v) is 8.26. The zero-order chi connectivity index (χ0) is 15.0. The van der Waals surface area contributed by atoms with Crippen molar-refractivity contribution >= 4 is 31.9 Å². The van der Waals surface area contributed by atoms with Crippen molar-refractivity contribution in [3.05, 3.63) is 68.8 Å². The highest BCUT2D eigenvalue weighted by Gasteiger charge is 2.17. The van der Waals surface area contributed by atoms with Crippen LogP contribution in [0.15, 0.2) is 61.9 Å². The van der Waals surface area contributed by atoms with Gasteiger partial charge in [-0.1, -0.05) is 56.1 Å². The Morgan fingerprint density at radius 1 is 0.714 bits per heavy atom. The lowest BCUT2D eigenvalue weighted by atomic mass is 9.99. The van der Waals surface area contributed by atoms with E-state index in [1.54, 1.807) is 0 Å². The number of halogens is 2. The molecule has 0 aliphatic heterocycles. The van der Waals surface area contributed by atoms with Gasteiger partial charge in [0.25, 0.3) is 0 Å². The van der Waals surface area contributed by atoms with Gasteiger partial charge in [-0.3, -0.25) is 0 Å². The Morgan fingerprint density at radius 2 is 1.19 bits per heavy atom. The summed E-state index contributed by atoms with van der Waals surface area (Å²) in [6.45, 7) is 4.14. The van der Waals surface area contributed by atoms with E-state index in [4.69, 9.17) is 4.42 Å². The molecule has 0 atom stereocenters. The molecule has 2 aromatic carbocycles. The normalized spacial score (nSPS) is 10.9. The van der Waals surface area contributed by atoms with Crippen LogP contribution in [0, 0.1) is 13.8 Å². The molecule has 106 valence electrons. The standard InChI is InChI=1S/C18H14Br2O/c1-11-17(13-3-7-15(19)8-4-13)12(2)21-18(11)14-5-9-16(20)10-6-14/h3-10H,1-2H3. The molecular formula is C18H14Br2O. The van der Waals surface area contributed by atoms with Gasteiger partial charge < -0.3 is 4.42 Å². The fourth-order valence-corrected chi connectivity index (χ4v) is 3.10. The number of hydrogen-bond acceptors (Lipinski definition) is 1. The van der Waals surface area contributed by atoms with E-state index in [-0.39, 0.29) is 0 Å². The summed E-state index contributed by atoms with van der Waals surface area (Å²) in [7, 11) is 0. The Hall–Kier alpha value is -1.32. The highest BCUT2D eigenvalue weighted by Crippen LogP contribution is 2.37. The smallest absolute Gasteiger partial charge is 0.137 e. The predicted molar refractivity (Wildman–Crippen MR) is 94.5 cm³/mol. The summed E-state index contributed by atoms with van der Waals surface area (Å²) in [4.78, 5) is 0. The van der Waals surface area contributed by atoms with Crippen molar-refractivity contribution in [1.82, 2.24) is 0 Å². The van der Waals surface area contributed by atoms with Crippen LogP contribution in [0.2, 0.25) is 0 Å². The van der Waals surface area contributed by atoms with Crippen LogP contribution in [0.25, 0.3) is 22.5 Å². The van der Waals surface area contributed by atoms with E-state index in [0.29, 0.717) is 0 Å². The molecule has 1 nitrogen and oxygen atoms in total. The molecule has 21 heavy (non-hydrogen) atoms. The molecular weight excluding hydrogens is 392 g/mol. The van der Waals surface area contributed by atoms with E-state index in [0.717, 1.165) is 26.0 Å². The van der Waals surface area contributed by atoms with E-state index >= 15 is 0 Å². The first-order chi connectivity index (χ1) is 10.1. The molecule has 3 heteroatoms. The lowest BCUT2D eigenvalue weighted by Crippen LogP contribution is -1.82. The molecule has 0 aliphatic rings.